The van der Waals surface area contributed by atoms with Gasteiger partial charge in [-0.05, 0) is 19.1 Å². The van der Waals surface area contributed by atoms with Gasteiger partial charge in [0.2, 0.25) is 5.88 Å². The lowest BCUT2D eigenvalue weighted by atomic mass is 9.82. The molecule has 2 saturated heterocycles. The van der Waals surface area contributed by atoms with E-state index in [1.807, 2.05) is 36.1 Å². The highest BCUT2D eigenvalue weighted by atomic mass is 16.5. The number of hydrogen-bond acceptors (Lipinski definition) is 5. The lowest BCUT2D eigenvalue weighted by molar-refractivity contribution is 0.0629. The summed E-state index contributed by atoms with van der Waals surface area (Å²) < 4.78 is 16.9. The summed E-state index contributed by atoms with van der Waals surface area (Å²) in [6.07, 6.45) is 3.27. The lowest BCUT2D eigenvalue weighted by Crippen LogP contribution is -2.38. The molecule has 2 aliphatic heterocycles. The zero-order chi connectivity index (χ0) is 16.6. The highest BCUT2D eigenvalue weighted by Crippen LogP contribution is 2.42. The van der Waals surface area contributed by atoms with E-state index in [9.17, 15) is 4.79 Å². The third kappa shape index (κ3) is 2.57. The Hall–Kier alpha value is -2.34. The van der Waals surface area contributed by atoms with E-state index in [1.54, 1.807) is 12.5 Å². The first-order valence-corrected chi connectivity index (χ1v) is 8.13. The molecule has 0 radical (unpaired) electrons. The Morgan fingerprint density at radius 3 is 3.12 bits per heavy atom. The van der Waals surface area contributed by atoms with Crippen LogP contribution in [0.25, 0.3) is 0 Å². The van der Waals surface area contributed by atoms with Crippen LogP contribution in [-0.4, -0.2) is 48.7 Å². The van der Waals surface area contributed by atoms with Gasteiger partial charge in [-0.15, -0.1) is 0 Å². The average molecular weight is 328 g/mol. The van der Waals surface area contributed by atoms with Gasteiger partial charge >= 0.3 is 0 Å². The van der Waals surface area contributed by atoms with Crippen molar-refractivity contribution in [2.75, 3.05) is 32.9 Å². The van der Waals surface area contributed by atoms with Gasteiger partial charge in [0.05, 0.1) is 31.5 Å². The number of amides is 1. The molecule has 2 aliphatic rings. The second-order valence-electron chi connectivity index (χ2n) is 6.65. The monoisotopic (exact) mass is 328 g/mol. The Kier molecular flexibility index (Phi) is 3.76. The van der Waals surface area contributed by atoms with Crippen molar-refractivity contribution in [3.05, 3.63) is 48.0 Å². The average Bonchev–Trinajstić information content (AvgIpc) is 3.27. The molecule has 0 aromatic carbocycles. The highest BCUT2D eigenvalue weighted by Gasteiger charge is 2.53. The van der Waals surface area contributed by atoms with Crippen molar-refractivity contribution in [2.45, 2.75) is 6.92 Å². The number of aryl methyl sites for hydroxylation is 1. The normalized spacial score (nSPS) is 25.7. The van der Waals surface area contributed by atoms with Crippen LogP contribution in [0, 0.1) is 18.3 Å². The van der Waals surface area contributed by atoms with Crippen molar-refractivity contribution in [1.29, 1.82) is 0 Å². The number of furan rings is 1. The molecule has 0 bridgehead atoms. The summed E-state index contributed by atoms with van der Waals surface area (Å²) >= 11 is 0. The Morgan fingerprint density at radius 1 is 1.46 bits per heavy atom. The molecular formula is C18H20N2O4. The molecule has 2 atom stereocenters. The Balaban J connectivity index is 1.49. The van der Waals surface area contributed by atoms with Gasteiger partial charge < -0.3 is 18.8 Å². The Bertz CT molecular complexity index is 730. The summed E-state index contributed by atoms with van der Waals surface area (Å²) in [4.78, 5) is 18.8. The molecule has 6 heteroatoms. The van der Waals surface area contributed by atoms with Crippen molar-refractivity contribution in [2.24, 2.45) is 11.3 Å². The molecule has 2 fully saturated rings. The molecule has 6 nitrogen and oxygen atoms in total. The molecule has 1 amide bonds. The van der Waals surface area contributed by atoms with Crippen molar-refractivity contribution >= 4 is 5.91 Å². The SMILES string of the molecule is Cc1ccoc1C(=O)N1C[C@@H]2COC[C@]2(COc2ccccn2)C1. The standard InChI is InChI=1S/C18H20N2O4/c1-13-5-7-23-16(13)17(21)20-8-14-9-22-11-18(14,10-20)12-24-15-4-2-3-6-19-15/h2-7,14H,8-12H2,1H3/t14-,18+/m1/s1. The van der Waals surface area contributed by atoms with Crippen LogP contribution in [0.15, 0.2) is 41.1 Å². The minimum absolute atomic E-state index is 0.0517. The van der Waals surface area contributed by atoms with Gasteiger partial charge in [-0.3, -0.25) is 4.79 Å². The van der Waals surface area contributed by atoms with Gasteiger partial charge in [-0.1, -0.05) is 6.07 Å². The third-order valence-corrected chi connectivity index (χ3v) is 5.01. The minimum atomic E-state index is -0.173. The number of hydrogen-bond donors (Lipinski definition) is 0. The van der Waals surface area contributed by atoms with Crippen LogP contribution in [0.2, 0.25) is 0 Å². The zero-order valence-corrected chi connectivity index (χ0v) is 13.6. The van der Waals surface area contributed by atoms with Crippen LogP contribution in [0.3, 0.4) is 0 Å². The van der Waals surface area contributed by atoms with Crippen molar-refractivity contribution < 1.29 is 18.7 Å². The molecule has 126 valence electrons. The molecule has 24 heavy (non-hydrogen) atoms. The van der Waals surface area contributed by atoms with Gasteiger partial charge in [-0.2, -0.15) is 0 Å². The predicted octanol–water partition coefficient (Wildman–Crippen LogP) is 2.15. The number of carbonyl (C=O) groups excluding carboxylic acids is 1. The molecule has 0 spiro atoms. The van der Waals surface area contributed by atoms with Crippen LogP contribution in [0.1, 0.15) is 16.1 Å². The van der Waals surface area contributed by atoms with Crippen LogP contribution in [-0.2, 0) is 4.74 Å². The first-order valence-electron chi connectivity index (χ1n) is 8.13. The quantitative estimate of drug-likeness (QED) is 0.860. The van der Waals surface area contributed by atoms with Crippen LogP contribution in [0.4, 0.5) is 0 Å². The number of pyridine rings is 1. The maximum atomic E-state index is 12.7. The summed E-state index contributed by atoms with van der Waals surface area (Å²) in [5, 5.41) is 0. The van der Waals surface area contributed by atoms with Gasteiger partial charge in [0.15, 0.2) is 5.76 Å². The Labute approximate surface area is 140 Å². The van der Waals surface area contributed by atoms with Crippen LogP contribution >= 0.6 is 0 Å². The molecule has 4 heterocycles. The van der Waals surface area contributed by atoms with Gasteiger partial charge in [0.25, 0.3) is 5.91 Å². The maximum absolute atomic E-state index is 12.7. The van der Waals surface area contributed by atoms with E-state index in [1.165, 1.54) is 0 Å². The van der Waals surface area contributed by atoms with E-state index in [-0.39, 0.29) is 17.2 Å². The minimum Gasteiger partial charge on any atom is -0.477 e. The fraction of sp³-hybridized carbons (Fsp3) is 0.444. The third-order valence-electron chi connectivity index (χ3n) is 5.01. The molecule has 2 aromatic heterocycles. The van der Waals surface area contributed by atoms with E-state index >= 15 is 0 Å². The summed E-state index contributed by atoms with van der Waals surface area (Å²) in [5.41, 5.74) is 0.695. The van der Waals surface area contributed by atoms with Crippen molar-refractivity contribution in [3.8, 4) is 5.88 Å². The molecule has 0 unspecified atom stereocenters. The summed E-state index contributed by atoms with van der Waals surface area (Å²) in [5.74, 6) is 1.26. The van der Waals surface area contributed by atoms with Gasteiger partial charge in [0.1, 0.15) is 0 Å². The van der Waals surface area contributed by atoms with Crippen LogP contribution in [0.5, 0.6) is 5.88 Å². The largest absolute Gasteiger partial charge is 0.477 e. The molecule has 0 saturated carbocycles. The number of rotatable bonds is 4. The summed E-state index contributed by atoms with van der Waals surface area (Å²) in [6, 6.07) is 7.40. The predicted molar refractivity (Wildman–Crippen MR) is 85.8 cm³/mol. The van der Waals surface area contributed by atoms with Gasteiger partial charge in [-0.25, -0.2) is 4.98 Å². The number of ether oxygens (including phenoxy) is 2. The van der Waals surface area contributed by atoms with E-state index in [0.717, 1.165) is 5.56 Å². The van der Waals surface area contributed by atoms with Crippen LogP contribution < -0.4 is 4.74 Å². The molecular weight excluding hydrogens is 308 g/mol. The molecule has 4 rings (SSSR count). The number of likely N-dealkylation sites (tertiary alicyclic amines) is 1. The highest BCUT2D eigenvalue weighted by molar-refractivity contribution is 5.93. The van der Waals surface area contributed by atoms with E-state index < -0.39 is 0 Å². The first-order chi connectivity index (χ1) is 11.7. The number of carbonyl (C=O) groups is 1. The smallest absolute Gasteiger partial charge is 0.289 e. The molecule has 0 N–H and O–H groups in total. The van der Waals surface area contributed by atoms with Gasteiger partial charge in [0, 0.05) is 36.8 Å². The summed E-state index contributed by atoms with van der Waals surface area (Å²) in [6.45, 7) is 4.93. The molecule has 2 aromatic rings. The van der Waals surface area contributed by atoms with E-state index in [4.69, 9.17) is 13.9 Å². The Morgan fingerprint density at radius 2 is 2.38 bits per heavy atom. The van der Waals surface area contributed by atoms with Crippen molar-refractivity contribution in [3.63, 3.8) is 0 Å². The van der Waals surface area contributed by atoms with E-state index in [2.05, 4.69) is 4.98 Å². The summed E-state index contributed by atoms with van der Waals surface area (Å²) in [7, 11) is 0. The fourth-order valence-corrected chi connectivity index (χ4v) is 3.58. The number of fused-ring (bicyclic) bond motifs is 1. The maximum Gasteiger partial charge on any atom is 0.289 e. The first kappa shape index (κ1) is 15.2. The number of nitrogens with zero attached hydrogens (tertiary/aromatic N) is 2. The number of aromatic nitrogens is 1. The lowest BCUT2D eigenvalue weighted by Gasteiger charge is -2.26. The molecule has 0 aliphatic carbocycles. The zero-order valence-electron chi connectivity index (χ0n) is 13.6. The topological polar surface area (TPSA) is 64.8 Å². The second kappa shape index (κ2) is 5.94. The van der Waals surface area contributed by atoms with E-state index in [0.29, 0.717) is 44.6 Å². The van der Waals surface area contributed by atoms with Crippen molar-refractivity contribution in [1.82, 2.24) is 9.88 Å². The second-order valence-corrected chi connectivity index (χ2v) is 6.65. The fourth-order valence-electron chi connectivity index (χ4n) is 3.58.